The zero-order valence-electron chi connectivity index (χ0n) is 5.20. The second-order valence-corrected chi connectivity index (χ2v) is 9.24. The maximum atomic E-state index is 9.02. The summed E-state index contributed by atoms with van der Waals surface area (Å²) >= 11 is 10.9. The summed E-state index contributed by atoms with van der Waals surface area (Å²) in [5.74, 6) is 0. The predicted molar refractivity (Wildman–Crippen MR) is 39.4 cm³/mol. The van der Waals surface area contributed by atoms with Crippen LogP contribution in [0.5, 0.6) is 0 Å². The minimum absolute atomic E-state index is 0.337. The van der Waals surface area contributed by atoms with E-state index in [0.29, 0.717) is 0 Å². The molecular formula is C4H10Cl2OSi. The molecule has 50 valence electrons. The Morgan fingerprint density at radius 2 is 1.38 bits per heavy atom. The van der Waals surface area contributed by atoms with E-state index in [1.165, 1.54) is 0 Å². The first kappa shape index (κ1) is 8.76. The van der Waals surface area contributed by atoms with E-state index in [-0.39, 0.29) is 5.04 Å². The standard InChI is InChI=1S/C4H10Cl2OSi/c1-4(2,3)8(5,6)7/h7H,1-3H3. The molecule has 0 saturated heterocycles. The van der Waals surface area contributed by atoms with Crippen LogP contribution in [0.25, 0.3) is 0 Å². The molecule has 0 aromatic heterocycles. The van der Waals surface area contributed by atoms with Gasteiger partial charge in [0.2, 0.25) is 0 Å². The molecule has 0 rings (SSSR count). The fourth-order valence-corrected chi connectivity index (χ4v) is 0. The second-order valence-electron chi connectivity index (χ2n) is 2.79. The Hall–Kier alpha value is 0.757. The third-order valence-corrected chi connectivity index (χ3v) is 6.11. The first-order valence-electron chi connectivity index (χ1n) is 2.35. The fourth-order valence-electron chi connectivity index (χ4n) is 0. The highest BCUT2D eigenvalue weighted by Gasteiger charge is 2.40. The Balaban J connectivity index is 4.02. The summed E-state index contributed by atoms with van der Waals surface area (Å²) in [6, 6.07) is 0. The van der Waals surface area contributed by atoms with Crippen molar-refractivity contribution in [1.82, 2.24) is 0 Å². The summed E-state index contributed by atoms with van der Waals surface area (Å²) in [6.45, 7) is 2.54. The van der Waals surface area contributed by atoms with Gasteiger partial charge in [-0.2, -0.15) is 0 Å². The van der Waals surface area contributed by atoms with Crippen LogP contribution in [0.2, 0.25) is 5.04 Å². The van der Waals surface area contributed by atoms with Crippen LogP contribution in [0.4, 0.5) is 0 Å². The normalized spacial score (nSPS) is 14.2. The smallest absolute Gasteiger partial charge is 0.392 e. The van der Waals surface area contributed by atoms with Crippen LogP contribution in [0.3, 0.4) is 0 Å². The Bertz CT molecular complexity index is 69.0. The molecule has 0 bridgehead atoms. The lowest BCUT2D eigenvalue weighted by Gasteiger charge is -2.24. The minimum Gasteiger partial charge on any atom is -0.408 e. The largest absolute Gasteiger partial charge is 0.408 e. The molecule has 1 N–H and O–H groups in total. The molecule has 0 aliphatic carbocycles. The molecule has 0 radical (unpaired) electrons. The van der Waals surface area contributed by atoms with Crippen molar-refractivity contribution in [2.24, 2.45) is 0 Å². The quantitative estimate of drug-likeness (QED) is 0.439. The fraction of sp³-hybridized carbons (Fsp3) is 1.00. The zero-order valence-corrected chi connectivity index (χ0v) is 7.72. The van der Waals surface area contributed by atoms with Gasteiger partial charge in [0.25, 0.3) is 0 Å². The third-order valence-electron chi connectivity index (χ3n) is 0.902. The van der Waals surface area contributed by atoms with Crippen molar-refractivity contribution < 1.29 is 4.80 Å². The van der Waals surface area contributed by atoms with Crippen molar-refractivity contribution in [3.8, 4) is 0 Å². The Labute approximate surface area is 60.1 Å². The van der Waals surface area contributed by atoms with Crippen molar-refractivity contribution >= 4 is 29.1 Å². The molecule has 0 aliphatic heterocycles. The van der Waals surface area contributed by atoms with E-state index in [1.807, 2.05) is 20.8 Å². The SMILES string of the molecule is CC(C)(C)[Si](O)(Cl)Cl. The lowest BCUT2D eigenvalue weighted by Crippen LogP contribution is -2.31. The van der Waals surface area contributed by atoms with Gasteiger partial charge in [0.15, 0.2) is 0 Å². The molecule has 0 fully saturated rings. The van der Waals surface area contributed by atoms with E-state index < -0.39 is 6.94 Å². The van der Waals surface area contributed by atoms with Gasteiger partial charge in [-0.25, -0.2) is 0 Å². The van der Waals surface area contributed by atoms with E-state index in [0.717, 1.165) is 0 Å². The van der Waals surface area contributed by atoms with E-state index in [1.54, 1.807) is 0 Å². The number of hydrogen-bond donors (Lipinski definition) is 1. The van der Waals surface area contributed by atoms with Crippen LogP contribution < -0.4 is 0 Å². The van der Waals surface area contributed by atoms with Gasteiger partial charge in [0.1, 0.15) is 0 Å². The van der Waals surface area contributed by atoms with Crippen molar-refractivity contribution in [2.45, 2.75) is 25.8 Å². The monoisotopic (exact) mass is 172 g/mol. The van der Waals surface area contributed by atoms with Crippen molar-refractivity contribution in [3.63, 3.8) is 0 Å². The lowest BCUT2D eigenvalue weighted by atomic mass is 10.3. The van der Waals surface area contributed by atoms with Crippen LogP contribution in [0.1, 0.15) is 20.8 Å². The molecule has 0 aromatic carbocycles. The first-order chi connectivity index (χ1) is 3.25. The van der Waals surface area contributed by atoms with Gasteiger partial charge < -0.3 is 4.80 Å². The Kier molecular flexibility index (Phi) is 2.38. The minimum atomic E-state index is -2.91. The second kappa shape index (κ2) is 2.18. The molecule has 0 aliphatic rings. The molecule has 0 aromatic rings. The highest BCUT2D eigenvalue weighted by atomic mass is 35.7. The molecule has 0 unspecified atom stereocenters. The molecule has 0 atom stereocenters. The summed E-state index contributed by atoms with van der Waals surface area (Å²) in [5.41, 5.74) is 0. The van der Waals surface area contributed by atoms with Gasteiger partial charge >= 0.3 is 6.94 Å². The summed E-state index contributed by atoms with van der Waals surface area (Å²) in [4.78, 5) is 9.02. The zero-order chi connectivity index (χ0) is 7.00. The van der Waals surface area contributed by atoms with Crippen LogP contribution in [-0.4, -0.2) is 11.7 Å². The maximum Gasteiger partial charge on any atom is 0.392 e. The summed E-state index contributed by atoms with van der Waals surface area (Å²) in [5, 5.41) is -0.337. The maximum absolute atomic E-state index is 9.02. The average molecular weight is 173 g/mol. The molecule has 0 amide bonds. The summed E-state index contributed by atoms with van der Waals surface area (Å²) in [7, 11) is 0. The predicted octanol–water partition coefficient (Wildman–Crippen LogP) is 2.20. The summed E-state index contributed by atoms with van der Waals surface area (Å²) in [6.07, 6.45) is 0. The summed E-state index contributed by atoms with van der Waals surface area (Å²) < 4.78 is 0. The van der Waals surface area contributed by atoms with E-state index >= 15 is 0 Å². The lowest BCUT2D eigenvalue weighted by molar-refractivity contribution is 0.524. The number of halogens is 2. The molecule has 4 heteroatoms. The van der Waals surface area contributed by atoms with Crippen molar-refractivity contribution in [1.29, 1.82) is 0 Å². The highest BCUT2D eigenvalue weighted by molar-refractivity contribution is 7.42. The Morgan fingerprint density at radius 1 is 1.25 bits per heavy atom. The third kappa shape index (κ3) is 2.35. The molecule has 8 heavy (non-hydrogen) atoms. The van der Waals surface area contributed by atoms with E-state index in [2.05, 4.69) is 0 Å². The molecular weight excluding hydrogens is 163 g/mol. The van der Waals surface area contributed by atoms with Gasteiger partial charge in [0, 0.05) is 5.04 Å². The highest BCUT2D eigenvalue weighted by Crippen LogP contribution is 2.39. The van der Waals surface area contributed by atoms with Gasteiger partial charge in [-0.05, 0) is 0 Å². The van der Waals surface area contributed by atoms with Gasteiger partial charge in [-0.1, -0.05) is 20.8 Å². The van der Waals surface area contributed by atoms with E-state index in [9.17, 15) is 0 Å². The van der Waals surface area contributed by atoms with Crippen molar-refractivity contribution in [3.05, 3.63) is 0 Å². The topological polar surface area (TPSA) is 20.2 Å². The molecule has 1 nitrogen and oxygen atoms in total. The Morgan fingerprint density at radius 3 is 1.38 bits per heavy atom. The molecule has 0 saturated carbocycles. The van der Waals surface area contributed by atoms with Crippen LogP contribution >= 0.6 is 22.2 Å². The van der Waals surface area contributed by atoms with Gasteiger partial charge in [-0.15, -0.1) is 22.2 Å². The van der Waals surface area contributed by atoms with E-state index in [4.69, 9.17) is 27.0 Å². The number of hydrogen-bond acceptors (Lipinski definition) is 1. The van der Waals surface area contributed by atoms with Gasteiger partial charge in [-0.3, -0.25) is 0 Å². The van der Waals surface area contributed by atoms with Crippen LogP contribution in [0, 0.1) is 0 Å². The first-order valence-corrected chi connectivity index (χ1v) is 6.32. The molecule has 0 spiro atoms. The number of rotatable bonds is 0. The molecule has 0 heterocycles. The van der Waals surface area contributed by atoms with Crippen molar-refractivity contribution in [2.75, 3.05) is 0 Å². The van der Waals surface area contributed by atoms with Crippen LogP contribution in [0.15, 0.2) is 0 Å². The van der Waals surface area contributed by atoms with Crippen LogP contribution in [-0.2, 0) is 0 Å². The van der Waals surface area contributed by atoms with Gasteiger partial charge in [0.05, 0.1) is 0 Å². The average Bonchev–Trinajstić information content (AvgIpc) is 1.25.